The molecule has 3 rings (SSSR count). The van der Waals surface area contributed by atoms with Crippen molar-refractivity contribution in [2.45, 2.75) is 25.3 Å². The van der Waals surface area contributed by atoms with Crippen LogP contribution in [0.5, 0.6) is 5.75 Å². The highest BCUT2D eigenvalue weighted by Crippen LogP contribution is 2.32. The van der Waals surface area contributed by atoms with Crippen molar-refractivity contribution in [2.24, 2.45) is 0 Å². The molecule has 2 aromatic carbocycles. The van der Waals surface area contributed by atoms with Gasteiger partial charge in [-0.25, -0.2) is 22.5 Å². The molecule has 0 aliphatic rings. The lowest BCUT2D eigenvalue weighted by molar-refractivity contribution is 0.260. The minimum atomic E-state index is -3.44. The van der Waals surface area contributed by atoms with Gasteiger partial charge in [0.2, 0.25) is 0 Å². The van der Waals surface area contributed by atoms with E-state index in [0.717, 1.165) is 23.1 Å². The molecule has 1 heterocycles. The van der Waals surface area contributed by atoms with Gasteiger partial charge in [0.1, 0.15) is 11.6 Å². The number of nitrogens with zero attached hydrogens (tertiary/aromatic N) is 3. The van der Waals surface area contributed by atoms with Crippen LogP contribution in [0.3, 0.4) is 0 Å². The Balaban J connectivity index is 2.00. The third kappa shape index (κ3) is 4.03. The Hall–Kier alpha value is -2.72. The zero-order valence-electron chi connectivity index (χ0n) is 16.5. The van der Waals surface area contributed by atoms with Gasteiger partial charge in [0.25, 0.3) is 0 Å². The molecule has 0 radical (unpaired) electrons. The van der Waals surface area contributed by atoms with Crippen molar-refractivity contribution in [3.05, 3.63) is 42.2 Å². The van der Waals surface area contributed by atoms with Crippen LogP contribution in [0, 0.1) is 6.92 Å². The number of carbonyl (C=O) groups is 1. The predicted octanol–water partition coefficient (Wildman–Crippen LogP) is 3.66. The highest BCUT2D eigenvalue weighted by atomic mass is 32.2. The van der Waals surface area contributed by atoms with Gasteiger partial charge < -0.3 is 14.6 Å². The number of urea groups is 1. The number of ether oxygens (including phenoxy) is 1. The predicted molar refractivity (Wildman–Crippen MR) is 117 cm³/mol. The van der Waals surface area contributed by atoms with Crippen LogP contribution in [0.1, 0.15) is 12.7 Å². The van der Waals surface area contributed by atoms with E-state index in [4.69, 9.17) is 4.74 Å². The molecule has 1 aromatic heterocycles. The summed E-state index contributed by atoms with van der Waals surface area (Å²) in [6.45, 7) is 4.58. The Bertz CT molecular complexity index is 1190. The number of benzene rings is 2. The summed E-state index contributed by atoms with van der Waals surface area (Å²) in [7, 11) is -2.01. The van der Waals surface area contributed by atoms with Gasteiger partial charge in [-0.3, -0.25) is 0 Å². The molecule has 1 N–H and O–H groups in total. The van der Waals surface area contributed by atoms with Crippen LogP contribution in [0.15, 0.2) is 41.3 Å². The van der Waals surface area contributed by atoms with E-state index in [1.807, 2.05) is 24.5 Å². The third-order valence-corrected chi connectivity index (χ3v) is 6.02. The second kappa shape index (κ2) is 7.96. The van der Waals surface area contributed by atoms with E-state index in [9.17, 15) is 13.2 Å². The maximum atomic E-state index is 12.9. The highest BCUT2D eigenvalue weighted by molar-refractivity contribution is 7.90. The second-order valence-electron chi connectivity index (χ2n) is 6.42. The number of imidazole rings is 1. The average molecular weight is 435 g/mol. The zero-order chi connectivity index (χ0) is 21.3. The van der Waals surface area contributed by atoms with E-state index < -0.39 is 15.9 Å². The molecule has 10 heteroatoms. The molecule has 0 aliphatic heterocycles. The van der Waals surface area contributed by atoms with Crippen molar-refractivity contribution < 1.29 is 17.9 Å². The number of sulfone groups is 1. The summed E-state index contributed by atoms with van der Waals surface area (Å²) in [6.07, 6.45) is 1.10. The van der Waals surface area contributed by atoms with Crippen LogP contribution >= 0.6 is 12.8 Å². The molecule has 0 atom stereocenters. The maximum Gasteiger partial charge on any atom is 0.336 e. The van der Waals surface area contributed by atoms with Crippen LogP contribution in [0.2, 0.25) is 0 Å². The van der Waals surface area contributed by atoms with Gasteiger partial charge in [-0.2, -0.15) is 0 Å². The third-order valence-electron chi connectivity index (χ3n) is 4.51. The number of amides is 2. The monoisotopic (exact) mass is 434 g/mol. The number of para-hydroxylation sites is 1. The lowest BCUT2D eigenvalue weighted by Crippen LogP contribution is -2.27. The molecule has 29 heavy (non-hydrogen) atoms. The molecule has 0 saturated heterocycles. The quantitative estimate of drug-likeness (QED) is 0.598. The summed E-state index contributed by atoms with van der Waals surface area (Å²) in [4.78, 5) is 17.5. The van der Waals surface area contributed by atoms with Crippen LogP contribution in [-0.4, -0.2) is 37.4 Å². The van der Waals surface area contributed by atoms with E-state index in [0.29, 0.717) is 18.0 Å². The fourth-order valence-corrected chi connectivity index (χ4v) is 3.99. The fourth-order valence-electron chi connectivity index (χ4n) is 3.13. The number of anilines is 2. The number of aromatic nitrogens is 2. The van der Waals surface area contributed by atoms with Crippen molar-refractivity contribution in [1.29, 1.82) is 0 Å². The number of hydrogen-bond donors (Lipinski definition) is 2. The van der Waals surface area contributed by atoms with Crippen molar-refractivity contribution >= 4 is 51.1 Å². The molecule has 0 spiro atoms. The lowest BCUT2D eigenvalue weighted by Gasteiger charge is -2.20. The summed E-state index contributed by atoms with van der Waals surface area (Å²) in [5.41, 5.74) is 2.33. The maximum absolute atomic E-state index is 12.9. The normalized spacial score (nSPS) is 11.5. The minimum Gasteiger partial charge on any atom is -0.495 e. The van der Waals surface area contributed by atoms with E-state index in [1.165, 1.54) is 29.6 Å². The smallest absolute Gasteiger partial charge is 0.336 e. The topological polar surface area (TPSA) is 93.5 Å². The number of thiol groups is 1. The summed E-state index contributed by atoms with van der Waals surface area (Å²) in [5, 5.41) is 2.67. The Kier molecular flexibility index (Phi) is 5.76. The van der Waals surface area contributed by atoms with Crippen LogP contribution < -0.4 is 14.4 Å². The first-order valence-electron chi connectivity index (χ1n) is 8.81. The first-order chi connectivity index (χ1) is 13.7. The molecule has 0 aliphatic carbocycles. The van der Waals surface area contributed by atoms with Gasteiger partial charge in [0.05, 0.1) is 34.4 Å². The first kappa shape index (κ1) is 21.0. The van der Waals surface area contributed by atoms with Gasteiger partial charge in [-0.05, 0) is 44.2 Å². The number of carbonyl (C=O) groups excluding carboxylic acids is 1. The van der Waals surface area contributed by atoms with Crippen molar-refractivity contribution in [3.63, 3.8) is 0 Å². The average Bonchev–Trinajstić information content (AvgIpc) is 3.01. The van der Waals surface area contributed by atoms with Gasteiger partial charge >= 0.3 is 6.03 Å². The van der Waals surface area contributed by atoms with Crippen LogP contribution in [0.4, 0.5) is 16.2 Å². The van der Waals surface area contributed by atoms with Crippen molar-refractivity contribution in [3.8, 4) is 5.75 Å². The number of methoxy groups -OCH3 is 1. The molecular formula is C19H22N4O4S2. The Morgan fingerprint density at radius 3 is 2.66 bits per heavy atom. The van der Waals surface area contributed by atoms with Gasteiger partial charge in [0.15, 0.2) is 9.84 Å². The molecular weight excluding hydrogens is 412 g/mol. The Morgan fingerprint density at radius 1 is 1.31 bits per heavy atom. The SMILES string of the molecule is CCn1c(C)nc2cccc(N(S)C(=O)Nc3cc(S(C)(=O)=O)ccc3OC)c21. The molecule has 8 nitrogen and oxygen atoms in total. The van der Waals surface area contributed by atoms with Crippen LogP contribution in [-0.2, 0) is 16.4 Å². The van der Waals surface area contributed by atoms with Gasteiger partial charge in [-0.1, -0.05) is 18.9 Å². The molecule has 154 valence electrons. The van der Waals surface area contributed by atoms with Crippen molar-refractivity contribution in [2.75, 3.05) is 23.0 Å². The highest BCUT2D eigenvalue weighted by Gasteiger charge is 2.21. The summed E-state index contributed by atoms with van der Waals surface area (Å²) < 4.78 is 32.1. The van der Waals surface area contributed by atoms with Gasteiger partial charge in [0, 0.05) is 12.8 Å². The number of fused-ring (bicyclic) bond motifs is 1. The fraction of sp³-hybridized carbons (Fsp3) is 0.263. The second-order valence-corrected chi connectivity index (χ2v) is 8.84. The number of aryl methyl sites for hydroxylation is 2. The van der Waals surface area contributed by atoms with E-state index in [1.54, 1.807) is 12.1 Å². The van der Waals surface area contributed by atoms with Crippen LogP contribution in [0.25, 0.3) is 11.0 Å². The Morgan fingerprint density at radius 2 is 2.03 bits per heavy atom. The first-order valence-corrected chi connectivity index (χ1v) is 11.1. The number of nitrogens with one attached hydrogen (secondary N) is 1. The molecule has 0 saturated carbocycles. The van der Waals surface area contributed by atoms with E-state index in [2.05, 4.69) is 23.1 Å². The molecule has 2 amide bonds. The number of rotatable bonds is 5. The molecule has 0 unspecified atom stereocenters. The van der Waals surface area contributed by atoms with E-state index >= 15 is 0 Å². The van der Waals surface area contributed by atoms with Crippen molar-refractivity contribution in [1.82, 2.24) is 9.55 Å². The molecule has 0 fully saturated rings. The molecule has 0 bridgehead atoms. The minimum absolute atomic E-state index is 0.0705. The summed E-state index contributed by atoms with van der Waals surface area (Å²) in [6, 6.07) is 9.14. The Labute approximate surface area is 174 Å². The lowest BCUT2D eigenvalue weighted by atomic mass is 10.2. The van der Waals surface area contributed by atoms with Gasteiger partial charge in [-0.15, -0.1) is 0 Å². The zero-order valence-corrected chi connectivity index (χ0v) is 18.2. The largest absolute Gasteiger partial charge is 0.495 e. The summed E-state index contributed by atoms with van der Waals surface area (Å²) >= 11 is 4.38. The molecule has 3 aromatic rings. The van der Waals surface area contributed by atoms with E-state index in [-0.39, 0.29) is 10.6 Å². The summed E-state index contributed by atoms with van der Waals surface area (Å²) in [5.74, 6) is 1.17. The number of hydrogen-bond acceptors (Lipinski definition) is 6. The standard InChI is InChI=1S/C19H22N4O4S2/c1-5-22-12(2)20-14-7-6-8-16(18(14)22)23(28)19(24)21-15-11-13(29(4,25)26)9-10-17(15)27-3/h6-11,28H,5H2,1-4H3,(H,21,24).